The summed E-state index contributed by atoms with van der Waals surface area (Å²) in [6.07, 6.45) is -0.802. The average molecular weight is 172 g/mol. The number of ether oxygens (including phenoxy) is 1. The normalized spacial score (nSPS) is 15.0. The summed E-state index contributed by atoms with van der Waals surface area (Å²) >= 11 is 0. The standard InChI is InChI=1S/C9H16O3/c1-5-12-9(11)7(4)8(10)6(2)3/h7-8,10H,2,5H2,1,3-4H3/t7-,8-/m1/s1. The molecule has 1 N–H and O–H groups in total. The zero-order valence-corrected chi connectivity index (χ0v) is 7.83. The van der Waals surface area contributed by atoms with Gasteiger partial charge in [0.25, 0.3) is 0 Å². The molecule has 12 heavy (non-hydrogen) atoms. The van der Waals surface area contributed by atoms with Crippen molar-refractivity contribution < 1.29 is 14.6 Å². The third-order valence-corrected chi connectivity index (χ3v) is 1.64. The van der Waals surface area contributed by atoms with E-state index in [-0.39, 0.29) is 5.97 Å². The Morgan fingerprint density at radius 1 is 1.67 bits per heavy atom. The molecule has 0 aliphatic carbocycles. The summed E-state index contributed by atoms with van der Waals surface area (Å²) in [6, 6.07) is 0. The van der Waals surface area contributed by atoms with E-state index in [2.05, 4.69) is 6.58 Å². The van der Waals surface area contributed by atoms with Crippen LogP contribution in [0.15, 0.2) is 12.2 Å². The van der Waals surface area contributed by atoms with Gasteiger partial charge in [-0.3, -0.25) is 4.79 Å². The molecule has 0 amide bonds. The van der Waals surface area contributed by atoms with Gasteiger partial charge in [0.05, 0.1) is 18.6 Å². The van der Waals surface area contributed by atoms with Crippen LogP contribution in [0.25, 0.3) is 0 Å². The van der Waals surface area contributed by atoms with Crippen LogP contribution in [-0.4, -0.2) is 23.8 Å². The second-order valence-corrected chi connectivity index (χ2v) is 2.83. The van der Waals surface area contributed by atoms with E-state index in [0.717, 1.165) is 0 Å². The number of esters is 1. The fraction of sp³-hybridized carbons (Fsp3) is 0.667. The molecule has 3 nitrogen and oxygen atoms in total. The second kappa shape index (κ2) is 4.93. The van der Waals surface area contributed by atoms with Crippen LogP contribution < -0.4 is 0 Å². The number of aliphatic hydroxyl groups excluding tert-OH is 1. The smallest absolute Gasteiger partial charge is 0.311 e. The summed E-state index contributed by atoms with van der Waals surface area (Å²) in [7, 11) is 0. The van der Waals surface area contributed by atoms with Crippen LogP contribution in [0.4, 0.5) is 0 Å². The van der Waals surface area contributed by atoms with E-state index in [1.165, 1.54) is 0 Å². The fourth-order valence-electron chi connectivity index (χ4n) is 0.829. The summed E-state index contributed by atoms with van der Waals surface area (Å²) in [5, 5.41) is 9.39. The average Bonchev–Trinajstić information content (AvgIpc) is 2.02. The van der Waals surface area contributed by atoms with E-state index < -0.39 is 12.0 Å². The maximum Gasteiger partial charge on any atom is 0.311 e. The van der Waals surface area contributed by atoms with E-state index in [9.17, 15) is 9.90 Å². The van der Waals surface area contributed by atoms with Crippen LogP contribution in [0.5, 0.6) is 0 Å². The highest BCUT2D eigenvalue weighted by molar-refractivity contribution is 5.73. The highest BCUT2D eigenvalue weighted by atomic mass is 16.5. The first-order valence-electron chi connectivity index (χ1n) is 4.00. The zero-order chi connectivity index (χ0) is 9.72. The highest BCUT2D eigenvalue weighted by Gasteiger charge is 2.23. The molecular weight excluding hydrogens is 156 g/mol. The van der Waals surface area contributed by atoms with Crippen LogP contribution in [0.2, 0.25) is 0 Å². The summed E-state index contributed by atoms with van der Waals surface area (Å²) in [5.41, 5.74) is 0.579. The van der Waals surface area contributed by atoms with Crippen molar-refractivity contribution in [2.45, 2.75) is 26.9 Å². The Hall–Kier alpha value is -0.830. The Morgan fingerprint density at radius 2 is 2.17 bits per heavy atom. The first kappa shape index (κ1) is 11.2. The Morgan fingerprint density at radius 3 is 2.50 bits per heavy atom. The molecule has 0 aliphatic heterocycles. The SMILES string of the molecule is C=C(C)[C@@H](O)[C@@H](C)C(=O)OCC. The maximum absolute atomic E-state index is 11.1. The first-order valence-corrected chi connectivity index (χ1v) is 4.00. The van der Waals surface area contributed by atoms with Crippen molar-refractivity contribution in [3.05, 3.63) is 12.2 Å². The van der Waals surface area contributed by atoms with Gasteiger partial charge in [0.1, 0.15) is 0 Å². The molecular formula is C9H16O3. The molecule has 0 unspecified atom stereocenters. The Balaban J connectivity index is 4.09. The molecule has 0 saturated heterocycles. The van der Waals surface area contributed by atoms with Gasteiger partial charge in [-0.2, -0.15) is 0 Å². The number of hydrogen-bond acceptors (Lipinski definition) is 3. The van der Waals surface area contributed by atoms with Crippen molar-refractivity contribution in [2.24, 2.45) is 5.92 Å². The maximum atomic E-state index is 11.1. The number of carbonyl (C=O) groups excluding carboxylic acids is 1. The van der Waals surface area contributed by atoms with Gasteiger partial charge in [-0.05, 0) is 20.8 Å². The molecule has 0 aliphatic rings. The van der Waals surface area contributed by atoms with E-state index >= 15 is 0 Å². The number of rotatable bonds is 4. The summed E-state index contributed by atoms with van der Waals surface area (Å²) in [4.78, 5) is 11.1. The number of carbonyl (C=O) groups is 1. The Labute approximate surface area is 73.0 Å². The third-order valence-electron chi connectivity index (χ3n) is 1.64. The molecule has 0 heterocycles. The fourth-order valence-corrected chi connectivity index (χ4v) is 0.829. The molecule has 0 radical (unpaired) electrons. The van der Waals surface area contributed by atoms with Crippen molar-refractivity contribution in [1.82, 2.24) is 0 Å². The van der Waals surface area contributed by atoms with Gasteiger partial charge in [-0.15, -0.1) is 0 Å². The molecule has 0 rings (SSSR count). The van der Waals surface area contributed by atoms with Gasteiger partial charge in [0.2, 0.25) is 0 Å². The van der Waals surface area contributed by atoms with Crippen molar-refractivity contribution >= 4 is 5.97 Å². The van der Waals surface area contributed by atoms with Crippen molar-refractivity contribution in [3.8, 4) is 0 Å². The highest BCUT2D eigenvalue weighted by Crippen LogP contribution is 2.11. The van der Waals surface area contributed by atoms with E-state index in [4.69, 9.17) is 4.74 Å². The lowest BCUT2D eigenvalue weighted by molar-refractivity contribution is -0.150. The van der Waals surface area contributed by atoms with Crippen LogP contribution in [0.1, 0.15) is 20.8 Å². The summed E-state index contributed by atoms with van der Waals surface area (Å²) in [6.45, 7) is 8.94. The first-order chi connectivity index (χ1) is 5.50. The molecule has 0 saturated carbocycles. The van der Waals surface area contributed by atoms with Gasteiger partial charge >= 0.3 is 5.97 Å². The summed E-state index contributed by atoms with van der Waals surface area (Å²) < 4.78 is 4.73. The summed E-state index contributed by atoms with van der Waals surface area (Å²) in [5.74, 6) is -0.907. The topological polar surface area (TPSA) is 46.5 Å². The van der Waals surface area contributed by atoms with E-state index in [1.54, 1.807) is 20.8 Å². The molecule has 2 atom stereocenters. The molecule has 3 heteroatoms. The lowest BCUT2D eigenvalue weighted by Crippen LogP contribution is -2.27. The minimum absolute atomic E-state index is 0.339. The molecule has 0 fully saturated rings. The van der Waals surface area contributed by atoms with E-state index in [1.807, 2.05) is 0 Å². The van der Waals surface area contributed by atoms with Crippen molar-refractivity contribution in [3.63, 3.8) is 0 Å². The van der Waals surface area contributed by atoms with Crippen molar-refractivity contribution in [2.75, 3.05) is 6.61 Å². The molecule has 0 bridgehead atoms. The lowest BCUT2D eigenvalue weighted by atomic mass is 10.00. The zero-order valence-electron chi connectivity index (χ0n) is 7.83. The van der Waals surface area contributed by atoms with Gasteiger partial charge in [-0.1, -0.05) is 12.2 Å². The van der Waals surface area contributed by atoms with Crippen LogP contribution >= 0.6 is 0 Å². The Kier molecular flexibility index (Phi) is 4.59. The Bertz CT molecular complexity index is 175. The second-order valence-electron chi connectivity index (χ2n) is 2.83. The predicted octanol–water partition coefficient (Wildman–Crippen LogP) is 1.12. The monoisotopic (exact) mass is 172 g/mol. The van der Waals surface area contributed by atoms with Gasteiger partial charge in [-0.25, -0.2) is 0 Å². The van der Waals surface area contributed by atoms with E-state index in [0.29, 0.717) is 12.2 Å². The molecule has 0 aromatic heterocycles. The quantitative estimate of drug-likeness (QED) is 0.510. The van der Waals surface area contributed by atoms with Gasteiger partial charge in [0, 0.05) is 0 Å². The molecule has 0 spiro atoms. The van der Waals surface area contributed by atoms with Gasteiger partial charge in [0.15, 0.2) is 0 Å². The van der Waals surface area contributed by atoms with Crippen LogP contribution in [-0.2, 0) is 9.53 Å². The van der Waals surface area contributed by atoms with Crippen molar-refractivity contribution in [1.29, 1.82) is 0 Å². The molecule has 0 aromatic rings. The number of aliphatic hydroxyl groups is 1. The third kappa shape index (κ3) is 3.05. The number of hydrogen-bond donors (Lipinski definition) is 1. The van der Waals surface area contributed by atoms with Crippen LogP contribution in [0.3, 0.4) is 0 Å². The molecule has 70 valence electrons. The molecule has 0 aromatic carbocycles. The lowest BCUT2D eigenvalue weighted by Gasteiger charge is -2.16. The largest absolute Gasteiger partial charge is 0.466 e. The van der Waals surface area contributed by atoms with Gasteiger partial charge < -0.3 is 9.84 Å². The minimum atomic E-state index is -0.802. The van der Waals surface area contributed by atoms with Crippen LogP contribution in [0, 0.1) is 5.92 Å². The predicted molar refractivity (Wildman–Crippen MR) is 46.6 cm³/mol. The minimum Gasteiger partial charge on any atom is -0.466 e.